The van der Waals surface area contributed by atoms with Crippen molar-refractivity contribution in [3.05, 3.63) is 35.6 Å². The molecule has 1 fully saturated rings. The van der Waals surface area contributed by atoms with E-state index in [0.717, 1.165) is 0 Å². The van der Waals surface area contributed by atoms with Crippen LogP contribution in [0.4, 0.5) is 8.78 Å². The number of amides is 2. The van der Waals surface area contributed by atoms with E-state index >= 15 is 0 Å². The zero-order valence-electron chi connectivity index (χ0n) is 12.9. The van der Waals surface area contributed by atoms with E-state index in [-0.39, 0.29) is 12.5 Å². The predicted molar refractivity (Wildman–Crippen MR) is 80.6 cm³/mol. The number of likely N-dealkylation sites (tertiary alicyclic amines) is 1. The van der Waals surface area contributed by atoms with Gasteiger partial charge in [-0.05, 0) is 37.1 Å². The van der Waals surface area contributed by atoms with E-state index in [1.54, 1.807) is 0 Å². The lowest BCUT2D eigenvalue weighted by Crippen LogP contribution is -2.50. The Balaban J connectivity index is 2.00. The largest absolute Gasteiger partial charge is 0.480 e. The summed E-state index contributed by atoms with van der Waals surface area (Å²) >= 11 is 0. The molecular weight excluding hydrogens is 322 g/mol. The van der Waals surface area contributed by atoms with Crippen LogP contribution in [0.1, 0.15) is 23.2 Å². The highest BCUT2D eigenvalue weighted by Crippen LogP contribution is 2.19. The second kappa shape index (κ2) is 7.85. The van der Waals surface area contributed by atoms with Crippen LogP contribution in [-0.2, 0) is 9.59 Å². The van der Waals surface area contributed by atoms with Crippen LogP contribution in [0.5, 0.6) is 0 Å². The summed E-state index contributed by atoms with van der Waals surface area (Å²) in [5, 5.41) is 10.9. The van der Waals surface area contributed by atoms with Crippen molar-refractivity contribution in [1.29, 1.82) is 0 Å². The average molecular weight is 340 g/mol. The third-order valence-electron chi connectivity index (χ3n) is 3.94. The molecule has 1 aliphatic rings. The minimum Gasteiger partial charge on any atom is -0.480 e. The lowest BCUT2D eigenvalue weighted by atomic mass is 9.96. The molecule has 0 bridgehead atoms. The zero-order chi connectivity index (χ0) is 17.7. The Morgan fingerprint density at radius 3 is 2.54 bits per heavy atom. The fourth-order valence-corrected chi connectivity index (χ4v) is 2.61. The summed E-state index contributed by atoms with van der Waals surface area (Å²) in [5.41, 5.74) is 0.310. The average Bonchev–Trinajstić information content (AvgIpc) is 2.59. The molecule has 1 aromatic rings. The van der Waals surface area contributed by atoms with E-state index in [0.29, 0.717) is 24.9 Å². The van der Waals surface area contributed by atoms with E-state index in [9.17, 15) is 23.2 Å². The molecule has 2 atom stereocenters. The molecule has 0 radical (unpaired) electrons. The lowest BCUT2D eigenvalue weighted by molar-refractivity contribution is -0.143. The normalized spacial score (nSPS) is 18.8. The molecule has 0 aromatic heterocycles. The quantitative estimate of drug-likeness (QED) is 0.844. The van der Waals surface area contributed by atoms with Gasteiger partial charge in [-0.15, -0.1) is 0 Å². The number of carbonyl (C=O) groups is 3. The summed E-state index contributed by atoms with van der Waals surface area (Å²) in [6, 6.07) is 3.51. The number of alkyl halides is 1. The third-order valence-corrected chi connectivity index (χ3v) is 3.94. The van der Waals surface area contributed by atoms with Gasteiger partial charge in [-0.1, -0.05) is 0 Å². The predicted octanol–water partition coefficient (Wildman–Crippen LogP) is 1.22. The molecule has 8 heteroatoms. The van der Waals surface area contributed by atoms with Gasteiger partial charge in [0.25, 0.3) is 5.91 Å². The molecule has 0 aliphatic carbocycles. The van der Waals surface area contributed by atoms with E-state index in [1.807, 2.05) is 0 Å². The number of carboxylic acids is 1. The molecule has 1 heterocycles. The summed E-state index contributed by atoms with van der Waals surface area (Å²) < 4.78 is 25.5. The minimum absolute atomic E-state index is 0.112. The molecule has 1 saturated heterocycles. The molecule has 2 N–H and O–H groups in total. The number of halogens is 2. The van der Waals surface area contributed by atoms with Crippen molar-refractivity contribution in [2.75, 3.05) is 19.8 Å². The number of benzene rings is 1. The SMILES string of the molecule is O=C(NC(CF)C(=O)O)C1CCCN(C(=O)c2ccc(F)cc2)C1. The van der Waals surface area contributed by atoms with Gasteiger partial charge in [0, 0.05) is 18.7 Å². The number of carboxylic acid groups (broad SMARTS) is 1. The number of carbonyl (C=O) groups excluding carboxylic acids is 2. The van der Waals surface area contributed by atoms with Crippen molar-refractivity contribution in [1.82, 2.24) is 10.2 Å². The van der Waals surface area contributed by atoms with Gasteiger partial charge in [0.05, 0.1) is 5.92 Å². The van der Waals surface area contributed by atoms with Crippen LogP contribution < -0.4 is 5.32 Å². The maximum Gasteiger partial charge on any atom is 0.328 e. The molecule has 0 spiro atoms. The Kier molecular flexibility index (Phi) is 5.83. The zero-order valence-corrected chi connectivity index (χ0v) is 12.9. The molecule has 1 aromatic carbocycles. The highest BCUT2D eigenvalue weighted by atomic mass is 19.1. The van der Waals surface area contributed by atoms with Gasteiger partial charge in [-0.2, -0.15) is 0 Å². The van der Waals surface area contributed by atoms with E-state index in [1.165, 1.54) is 29.2 Å². The van der Waals surface area contributed by atoms with Crippen LogP contribution >= 0.6 is 0 Å². The highest BCUT2D eigenvalue weighted by Gasteiger charge is 2.31. The highest BCUT2D eigenvalue weighted by molar-refractivity contribution is 5.94. The fraction of sp³-hybridized carbons (Fsp3) is 0.438. The van der Waals surface area contributed by atoms with Crippen LogP contribution in [0.3, 0.4) is 0 Å². The van der Waals surface area contributed by atoms with Crippen LogP contribution in [0, 0.1) is 11.7 Å². The standard InChI is InChI=1S/C16H18F2N2O4/c17-8-13(16(23)24)19-14(21)11-2-1-7-20(9-11)15(22)10-3-5-12(18)6-4-10/h3-6,11,13H,1-2,7-9H2,(H,19,21)(H,23,24). The van der Waals surface area contributed by atoms with Gasteiger partial charge in [0.1, 0.15) is 12.5 Å². The Morgan fingerprint density at radius 1 is 1.29 bits per heavy atom. The Labute approximate surface area is 137 Å². The number of rotatable bonds is 5. The molecular formula is C16H18F2N2O4. The van der Waals surface area contributed by atoms with Crippen LogP contribution in [0.15, 0.2) is 24.3 Å². The molecule has 2 unspecified atom stereocenters. The monoisotopic (exact) mass is 340 g/mol. The molecule has 2 rings (SSSR count). The first-order chi connectivity index (χ1) is 11.4. The molecule has 24 heavy (non-hydrogen) atoms. The molecule has 0 saturated carbocycles. The maximum absolute atomic E-state index is 12.9. The number of hydrogen-bond donors (Lipinski definition) is 2. The Hall–Kier alpha value is -2.51. The van der Waals surface area contributed by atoms with Crippen LogP contribution in [0.2, 0.25) is 0 Å². The summed E-state index contributed by atoms with van der Waals surface area (Å²) in [7, 11) is 0. The molecule has 6 nitrogen and oxygen atoms in total. The van der Waals surface area contributed by atoms with Gasteiger partial charge in [-0.25, -0.2) is 13.6 Å². The van der Waals surface area contributed by atoms with Crippen molar-refractivity contribution in [2.45, 2.75) is 18.9 Å². The van der Waals surface area contributed by atoms with E-state index < -0.39 is 36.3 Å². The Morgan fingerprint density at radius 2 is 1.96 bits per heavy atom. The molecule has 2 amide bonds. The first-order valence-electron chi connectivity index (χ1n) is 7.56. The summed E-state index contributed by atoms with van der Waals surface area (Å²) in [5.74, 6) is -3.41. The number of aliphatic carboxylic acids is 1. The van der Waals surface area contributed by atoms with Gasteiger partial charge in [0.15, 0.2) is 6.04 Å². The maximum atomic E-state index is 12.9. The van der Waals surface area contributed by atoms with Crippen molar-refractivity contribution in [3.63, 3.8) is 0 Å². The second-order valence-corrected chi connectivity index (χ2v) is 5.65. The molecule has 130 valence electrons. The van der Waals surface area contributed by atoms with Gasteiger partial charge in [0.2, 0.25) is 5.91 Å². The smallest absolute Gasteiger partial charge is 0.328 e. The van der Waals surface area contributed by atoms with Gasteiger partial charge < -0.3 is 15.3 Å². The number of nitrogens with one attached hydrogen (secondary N) is 1. The molecule has 1 aliphatic heterocycles. The van der Waals surface area contributed by atoms with Crippen molar-refractivity contribution in [2.24, 2.45) is 5.92 Å². The van der Waals surface area contributed by atoms with Crippen molar-refractivity contribution in [3.8, 4) is 0 Å². The third kappa shape index (κ3) is 4.27. The topological polar surface area (TPSA) is 86.7 Å². The second-order valence-electron chi connectivity index (χ2n) is 5.65. The van der Waals surface area contributed by atoms with Gasteiger partial charge in [-0.3, -0.25) is 9.59 Å². The van der Waals surface area contributed by atoms with Crippen LogP contribution in [0.25, 0.3) is 0 Å². The van der Waals surface area contributed by atoms with Gasteiger partial charge >= 0.3 is 5.97 Å². The van der Waals surface area contributed by atoms with Crippen molar-refractivity contribution >= 4 is 17.8 Å². The van der Waals surface area contributed by atoms with E-state index in [2.05, 4.69) is 5.32 Å². The first kappa shape index (κ1) is 17.8. The number of hydrogen-bond acceptors (Lipinski definition) is 3. The summed E-state index contributed by atoms with van der Waals surface area (Å²) in [6.45, 7) is -0.641. The van der Waals surface area contributed by atoms with Crippen LogP contribution in [-0.4, -0.2) is 53.6 Å². The lowest BCUT2D eigenvalue weighted by Gasteiger charge is -2.32. The number of piperidine rings is 1. The Bertz CT molecular complexity index is 621. The number of nitrogens with zero attached hydrogens (tertiary/aromatic N) is 1. The summed E-state index contributed by atoms with van der Waals surface area (Å²) in [4.78, 5) is 36.7. The summed E-state index contributed by atoms with van der Waals surface area (Å²) in [6.07, 6.45) is 1.05. The van der Waals surface area contributed by atoms with Crippen molar-refractivity contribution < 1.29 is 28.3 Å². The minimum atomic E-state index is -1.58. The first-order valence-corrected chi connectivity index (χ1v) is 7.56. The van der Waals surface area contributed by atoms with E-state index in [4.69, 9.17) is 5.11 Å². The fourth-order valence-electron chi connectivity index (χ4n) is 2.61.